The molecule has 1 saturated heterocycles. The van der Waals surface area contributed by atoms with Crippen molar-refractivity contribution in [2.75, 3.05) is 38.0 Å². The summed E-state index contributed by atoms with van der Waals surface area (Å²) in [5, 5.41) is 12.1. The second kappa shape index (κ2) is 11.5. The van der Waals surface area contributed by atoms with Crippen LogP contribution in [0.5, 0.6) is 5.88 Å². The quantitative estimate of drug-likeness (QED) is 0.397. The Morgan fingerprint density at radius 3 is 2.78 bits per heavy atom. The maximum Gasteiger partial charge on any atom is 0.252 e. The first-order chi connectivity index (χ1) is 17.3. The van der Waals surface area contributed by atoms with Gasteiger partial charge in [-0.15, -0.1) is 0 Å². The van der Waals surface area contributed by atoms with Crippen molar-refractivity contribution in [3.63, 3.8) is 0 Å². The van der Waals surface area contributed by atoms with Crippen LogP contribution in [-0.2, 0) is 19.4 Å². The van der Waals surface area contributed by atoms with E-state index in [0.717, 1.165) is 18.9 Å². The summed E-state index contributed by atoms with van der Waals surface area (Å²) in [5.74, 6) is -0.0989. The Hall–Kier alpha value is -2.87. The van der Waals surface area contributed by atoms with Crippen LogP contribution in [0.2, 0.25) is 0 Å². The highest BCUT2D eigenvalue weighted by Gasteiger charge is 2.28. The molecule has 0 spiro atoms. The molecule has 1 unspecified atom stereocenters. The van der Waals surface area contributed by atoms with Gasteiger partial charge in [-0.2, -0.15) is 0 Å². The molecule has 0 bridgehead atoms. The number of hydrogen-bond acceptors (Lipinski definition) is 10. The molecule has 3 aromatic rings. The number of rotatable bonds is 10. The van der Waals surface area contributed by atoms with E-state index < -0.39 is 27.3 Å². The molecule has 36 heavy (non-hydrogen) atoms. The monoisotopic (exact) mass is 536 g/mol. The standard InChI is InChI=1S/C23H28N4O7S2/c1-33-19-4-3-17-22(25-19)35-23(24-17)26-21(30)18(13-15-6-10-34-11-7-15)27-8-5-16(14-20(27)29)36(31,32)12-2-9-28/h3-5,8,14-15,18,28H,2,6-7,9-13H2,1H3,(H,24,26,30). The minimum Gasteiger partial charge on any atom is -0.481 e. The van der Waals surface area contributed by atoms with Crippen LogP contribution in [0.15, 0.2) is 40.2 Å². The summed E-state index contributed by atoms with van der Waals surface area (Å²) in [5.41, 5.74) is 0.00895. The highest BCUT2D eigenvalue weighted by molar-refractivity contribution is 7.91. The summed E-state index contributed by atoms with van der Waals surface area (Å²) >= 11 is 1.19. The van der Waals surface area contributed by atoms with Crippen molar-refractivity contribution in [3.8, 4) is 5.88 Å². The van der Waals surface area contributed by atoms with Gasteiger partial charge in [-0.05, 0) is 43.7 Å². The van der Waals surface area contributed by atoms with Gasteiger partial charge in [0.05, 0.1) is 17.8 Å². The first kappa shape index (κ1) is 26.2. The molecule has 1 aliphatic rings. The number of hydrogen-bond donors (Lipinski definition) is 2. The smallest absolute Gasteiger partial charge is 0.252 e. The minimum absolute atomic E-state index is 0.0725. The Morgan fingerprint density at radius 1 is 1.31 bits per heavy atom. The Kier molecular flexibility index (Phi) is 8.34. The number of amides is 1. The van der Waals surface area contributed by atoms with Crippen molar-refractivity contribution in [1.29, 1.82) is 0 Å². The zero-order valence-electron chi connectivity index (χ0n) is 19.8. The molecule has 11 nitrogen and oxygen atoms in total. The Balaban J connectivity index is 1.62. The Bertz CT molecular complexity index is 1380. The van der Waals surface area contributed by atoms with Crippen LogP contribution in [0.3, 0.4) is 0 Å². The topological polar surface area (TPSA) is 150 Å². The maximum atomic E-state index is 13.4. The molecule has 1 amide bonds. The van der Waals surface area contributed by atoms with Gasteiger partial charge in [0.2, 0.25) is 11.8 Å². The first-order valence-corrected chi connectivity index (χ1v) is 14.0. The van der Waals surface area contributed by atoms with Crippen molar-refractivity contribution in [2.24, 2.45) is 5.92 Å². The summed E-state index contributed by atoms with van der Waals surface area (Å²) in [6.07, 6.45) is 3.34. The summed E-state index contributed by atoms with van der Waals surface area (Å²) < 4.78 is 36.8. The molecule has 0 aromatic carbocycles. The zero-order valence-corrected chi connectivity index (χ0v) is 21.4. The molecule has 0 aliphatic carbocycles. The van der Waals surface area contributed by atoms with E-state index in [0.29, 0.717) is 41.0 Å². The van der Waals surface area contributed by atoms with Crippen molar-refractivity contribution < 1.29 is 27.8 Å². The van der Waals surface area contributed by atoms with Gasteiger partial charge in [0.1, 0.15) is 16.4 Å². The molecular formula is C23H28N4O7S2. The molecule has 1 atom stereocenters. The van der Waals surface area contributed by atoms with Gasteiger partial charge in [0, 0.05) is 38.2 Å². The van der Waals surface area contributed by atoms with E-state index in [4.69, 9.17) is 14.6 Å². The number of aromatic nitrogens is 3. The maximum absolute atomic E-state index is 13.4. The molecule has 194 valence electrons. The van der Waals surface area contributed by atoms with Crippen LogP contribution in [-0.4, -0.2) is 66.6 Å². The zero-order chi connectivity index (χ0) is 25.7. The second-order valence-corrected chi connectivity index (χ2v) is 11.6. The molecule has 4 rings (SSSR count). The molecule has 3 aromatic heterocycles. The number of aliphatic hydroxyl groups is 1. The number of nitrogens with one attached hydrogen (secondary N) is 1. The number of ether oxygens (including phenoxy) is 2. The summed E-state index contributed by atoms with van der Waals surface area (Å²) in [4.78, 5) is 35.7. The molecule has 1 aliphatic heterocycles. The molecule has 0 saturated carbocycles. The lowest BCUT2D eigenvalue weighted by Crippen LogP contribution is -2.35. The molecule has 1 fully saturated rings. The Morgan fingerprint density at radius 2 is 2.08 bits per heavy atom. The van der Waals surface area contributed by atoms with Gasteiger partial charge in [-0.3, -0.25) is 9.59 Å². The molecule has 13 heteroatoms. The third-order valence-corrected chi connectivity index (χ3v) is 8.73. The van der Waals surface area contributed by atoms with Crippen LogP contribution in [0, 0.1) is 5.92 Å². The van der Waals surface area contributed by atoms with Gasteiger partial charge < -0.3 is 24.5 Å². The summed E-state index contributed by atoms with van der Waals surface area (Å²) in [6, 6.07) is 4.91. The molecular weight excluding hydrogens is 508 g/mol. The van der Waals surface area contributed by atoms with Gasteiger partial charge in [-0.1, -0.05) is 11.3 Å². The van der Waals surface area contributed by atoms with Crippen LogP contribution < -0.4 is 15.6 Å². The summed E-state index contributed by atoms with van der Waals surface area (Å²) in [6.45, 7) is 0.903. The average Bonchev–Trinajstić information content (AvgIpc) is 3.28. The predicted octanol–water partition coefficient (Wildman–Crippen LogP) is 2.01. The van der Waals surface area contributed by atoms with E-state index in [1.807, 2.05) is 0 Å². The fraction of sp³-hybridized carbons (Fsp3) is 0.478. The van der Waals surface area contributed by atoms with E-state index in [1.54, 1.807) is 12.1 Å². The fourth-order valence-electron chi connectivity index (χ4n) is 4.10. The number of carbonyl (C=O) groups is 1. The second-order valence-electron chi connectivity index (χ2n) is 8.50. The number of methoxy groups -OCH3 is 1. The molecule has 4 heterocycles. The number of aliphatic hydroxyl groups excluding tert-OH is 1. The third-order valence-electron chi connectivity index (χ3n) is 6.06. The van der Waals surface area contributed by atoms with Gasteiger partial charge >= 0.3 is 0 Å². The van der Waals surface area contributed by atoms with E-state index in [1.165, 1.54) is 35.3 Å². The minimum atomic E-state index is -3.72. The summed E-state index contributed by atoms with van der Waals surface area (Å²) in [7, 11) is -2.21. The third kappa shape index (κ3) is 6.09. The van der Waals surface area contributed by atoms with Crippen LogP contribution >= 0.6 is 11.3 Å². The van der Waals surface area contributed by atoms with Crippen LogP contribution in [0.25, 0.3) is 10.3 Å². The number of fused-ring (bicyclic) bond motifs is 1. The number of sulfone groups is 1. The Labute approximate surface area is 212 Å². The van der Waals surface area contributed by atoms with Crippen LogP contribution in [0.4, 0.5) is 5.13 Å². The van der Waals surface area contributed by atoms with Crippen molar-refractivity contribution in [3.05, 3.63) is 40.8 Å². The van der Waals surface area contributed by atoms with Crippen molar-refractivity contribution in [2.45, 2.75) is 36.6 Å². The van der Waals surface area contributed by atoms with E-state index in [-0.39, 0.29) is 29.6 Å². The van der Waals surface area contributed by atoms with E-state index in [2.05, 4.69) is 15.3 Å². The van der Waals surface area contributed by atoms with Crippen molar-refractivity contribution in [1.82, 2.24) is 14.5 Å². The lowest BCUT2D eigenvalue weighted by molar-refractivity contribution is -0.120. The lowest BCUT2D eigenvalue weighted by Gasteiger charge is -2.27. The molecule has 0 radical (unpaired) electrons. The average molecular weight is 537 g/mol. The number of carbonyl (C=O) groups excluding carboxylic acids is 1. The first-order valence-electron chi connectivity index (χ1n) is 11.6. The number of nitrogens with zero attached hydrogens (tertiary/aromatic N) is 3. The van der Waals surface area contributed by atoms with E-state index in [9.17, 15) is 18.0 Å². The largest absolute Gasteiger partial charge is 0.481 e. The highest BCUT2D eigenvalue weighted by atomic mass is 32.2. The fourth-order valence-corrected chi connectivity index (χ4v) is 6.22. The predicted molar refractivity (Wildman–Crippen MR) is 134 cm³/mol. The van der Waals surface area contributed by atoms with Crippen molar-refractivity contribution >= 4 is 42.6 Å². The van der Waals surface area contributed by atoms with Crippen LogP contribution in [0.1, 0.15) is 31.7 Å². The van der Waals surface area contributed by atoms with Gasteiger partial charge in [-0.25, -0.2) is 18.4 Å². The van der Waals surface area contributed by atoms with E-state index >= 15 is 0 Å². The SMILES string of the molecule is COc1ccc2nc(NC(=O)C(CC3CCOCC3)n3ccc(S(=O)(=O)CCCO)cc3=O)sc2n1. The highest BCUT2D eigenvalue weighted by Crippen LogP contribution is 2.29. The number of pyridine rings is 2. The normalized spacial score (nSPS) is 15.6. The lowest BCUT2D eigenvalue weighted by atomic mass is 9.92. The van der Waals surface area contributed by atoms with Gasteiger partial charge in [0.25, 0.3) is 5.56 Å². The van der Waals surface area contributed by atoms with Gasteiger partial charge in [0.15, 0.2) is 15.0 Å². The number of anilines is 1. The molecule has 2 N–H and O–H groups in total. The number of thiazole rings is 1.